The number of rotatable bonds is 7. The highest BCUT2D eigenvalue weighted by molar-refractivity contribution is 5.86. The number of carboxylic acid groups (broad SMARTS) is 1. The molecule has 1 rings (SSSR count). The number of aromatic carboxylic acids is 1. The summed E-state index contributed by atoms with van der Waals surface area (Å²) in [5.74, 6) is -0.961. The summed E-state index contributed by atoms with van der Waals surface area (Å²) in [5.41, 5.74) is 0.688. The van der Waals surface area contributed by atoms with Crippen LogP contribution >= 0.6 is 0 Å². The molecule has 1 heterocycles. The average molecular weight is 241 g/mol. The molecule has 1 aromatic heterocycles. The number of aromatic nitrogens is 3. The van der Waals surface area contributed by atoms with Crippen LogP contribution < -0.4 is 0 Å². The molecule has 1 aromatic rings. The van der Waals surface area contributed by atoms with Crippen molar-refractivity contribution in [2.75, 3.05) is 13.2 Å². The predicted octanol–water partition coefficient (Wildman–Crippen LogP) is 1.53. The number of carbonyl (C=O) groups is 1. The SMILES string of the molecule is CCCOCCn1nnc(C(=O)O)c1C(C)C. The van der Waals surface area contributed by atoms with Crippen LogP contribution in [0.2, 0.25) is 0 Å². The van der Waals surface area contributed by atoms with Crippen molar-refractivity contribution in [2.45, 2.75) is 39.7 Å². The van der Waals surface area contributed by atoms with Gasteiger partial charge in [-0.2, -0.15) is 0 Å². The van der Waals surface area contributed by atoms with E-state index in [1.54, 1.807) is 4.68 Å². The summed E-state index contributed by atoms with van der Waals surface area (Å²) in [7, 11) is 0. The summed E-state index contributed by atoms with van der Waals surface area (Å²) in [6.07, 6.45) is 0.967. The highest BCUT2D eigenvalue weighted by atomic mass is 16.5. The van der Waals surface area contributed by atoms with Gasteiger partial charge in [0.25, 0.3) is 0 Å². The van der Waals surface area contributed by atoms with E-state index in [0.29, 0.717) is 25.5 Å². The minimum absolute atomic E-state index is 0.0375. The highest BCUT2D eigenvalue weighted by Gasteiger charge is 2.20. The predicted molar refractivity (Wildman–Crippen MR) is 62.2 cm³/mol. The van der Waals surface area contributed by atoms with E-state index in [-0.39, 0.29) is 11.6 Å². The first-order valence-corrected chi connectivity index (χ1v) is 5.82. The van der Waals surface area contributed by atoms with Gasteiger partial charge in [0.2, 0.25) is 0 Å². The van der Waals surface area contributed by atoms with E-state index in [4.69, 9.17) is 9.84 Å². The lowest BCUT2D eigenvalue weighted by Crippen LogP contribution is -2.13. The van der Waals surface area contributed by atoms with E-state index in [1.807, 2.05) is 20.8 Å². The second-order valence-corrected chi connectivity index (χ2v) is 4.12. The molecule has 1 N–H and O–H groups in total. The molecule has 96 valence electrons. The van der Waals surface area contributed by atoms with Gasteiger partial charge in [-0.25, -0.2) is 9.48 Å². The molecule has 17 heavy (non-hydrogen) atoms. The Bertz CT molecular complexity index is 374. The van der Waals surface area contributed by atoms with Gasteiger partial charge in [-0.1, -0.05) is 26.0 Å². The quantitative estimate of drug-likeness (QED) is 0.732. The first kappa shape index (κ1) is 13.6. The van der Waals surface area contributed by atoms with Gasteiger partial charge in [-0.05, 0) is 12.3 Å². The van der Waals surface area contributed by atoms with Crippen LogP contribution in [-0.2, 0) is 11.3 Å². The van der Waals surface area contributed by atoms with Gasteiger partial charge in [-0.15, -0.1) is 5.10 Å². The average Bonchev–Trinajstić information content (AvgIpc) is 2.68. The van der Waals surface area contributed by atoms with Crippen molar-refractivity contribution in [2.24, 2.45) is 0 Å². The van der Waals surface area contributed by atoms with Gasteiger partial charge in [0.05, 0.1) is 18.8 Å². The molecule has 6 nitrogen and oxygen atoms in total. The number of nitrogens with zero attached hydrogens (tertiary/aromatic N) is 3. The molecule has 0 amide bonds. The Kier molecular flexibility index (Phi) is 5.09. The molecule has 0 atom stereocenters. The Hall–Kier alpha value is -1.43. The van der Waals surface area contributed by atoms with Crippen LogP contribution in [0, 0.1) is 0 Å². The molecule has 0 unspecified atom stereocenters. The monoisotopic (exact) mass is 241 g/mol. The Morgan fingerprint density at radius 2 is 2.18 bits per heavy atom. The molecule has 0 fully saturated rings. The Balaban J connectivity index is 2.74. The first-order chi connectivity index (χ1) is 8.07. The minimum Gasteiger partial charge on any atom is -0.476 e. The fourth-order valence-corrected chi connectivity index (χ4v) is 1.61. The number of carboxylic acids is 1. The smallest absolute Gasteiger partial charge is 0.358 e. The molecule has 6 heteroatoms. The summed E-state index contributed by atoms with van der Waals surface area (Å²) < 4.78 is 6.97. The molecule has 0 aromatic carbocycles. The molecule has 0 aliphatic carbocycles. The number of hydrogen-bond donors (Lipinski definition) is 1. The third-order valence-electron chi connectivity index (χ3n) is 2.32. The number of hydrogen-bond acceptors (Lipinski definition) is 4. The van der Waals surface area contributed by atoms with Crippen LogP contribution in [0.4, 0.5) is 0 Å². The standard InChI is InChI=1S/C11H19N3O3/c1-4-6-17-7-5-14-10(8(2)3)9(11(15)16)12-13-14/h8H,4-7H2,1-3H3,(H,15,16). The molecule has 0 aliphatic heterocycles. The van der Waals surface area contributed by atoms with Gasteiger partial charge in [-0.3, -0.25) is 0 Å². The van der Waals surface area contributed by atoms with E-state index in [9.17, 15) is 4.79 Å². The summed E-state index contributed by atoms with van der Waals surface area (Å²) >= 11 is 0. The molecule has 0 radical (unpaired) electrons. The zero-order valence-corrected chi connectivity index (χ0v) is 10.5. The topological polar surface area (TPSA) is 77.2 Å². The van der Waals surface area contributed by atoms with Crippen LogP contribution in [-0.4, -0.2) is 39.3 Å². The van der Waals surface area contributed by atoms with Crippen molar-refractivity contribution in [3.63, 3.8) is 0 Å². The van der Waals surface area contributed by atoms with Gasteiger partial charge >= 0.3 is 5.97 Å². The van der Waals surface area contributed by atoms with Gasteiger partial charge in [0.1, 0.15) is 0 Å². The van der Waals surface area contributed by atoms with Crippen LogP contribution in [0.15, 0.2) is 0 Å². The summed E-state index contributed by atoms with van der Waals surface area (Å²) in [5, 5.41) is 16.5. The fraction of sp³-hybridized carbons (Fsp3) is 0.727. The lowest BCUT2D eigenvalue weighted by atomic mass is 10.1. The Morgan fingerprint density at radius 3 is 2.71 bits per heavy atom. The molecule has 0 bridgehead atoms. The van der Waals surface area contributed by atoms with Crippen LogP contribution in [0.1, 0.15) is 49.3 Å². The van der Waals surface area contributed by atoms with E-state index in [2.05, 4.69) is 10.3 Å². The first-order valence-electron chi connectivity index (χ1n) is 5.82. The van der Waals surface area contributed by atoms with Crippen molar-refractivity contribution in [1.82, 2.24) is 15.0 Å². The summed E-state index contributed by atoms with van der Waals surface area (Å²) in [6, 6.07) is 0. The van der Waals surface area contributed by atoms with Crippen molar-refractivity contribution >= 4 is 5.97 Å². The maximum Gasteiger partial charge on any atom is 0.358 e. The normalized spacial score (nSPS) is 11.1. The van der Waals surface area contributed by atoms with Gasteiger partial charge in [0, 0.05) is 6.61 Å². The lowest BCUT2D eigenvalue weighted by Gasteiger charge is -2.09. The van der Waals surface area contributed by atoms with Gasteiger partial charge < -0.3 is 9.84 Å². The molecule has 0 spiro atoms. The zero-order valence-electron chi connectivity index (χ0n) is 10.5. The molecule has 0 saturated heterocycles. The lowest BCUT2D eigenvalue weighted by molar-refractivity contribution is 0.0688. The largest absolute Gasteiger partial charge is 0.476 e. The highest BCUT2D eigenvalue weighted by Crippen LogP contribution is 2.17. The van der Waals surface area contributed by atoms with E-state index >= 15 is 0 Å². The third kappa shape index (κ3) is 3.52. The van der Waals surface area contributed by atoms with E-state index in [0.717, 1.165) is 6.42 Å². The Labute approximate surface area is 101 Å². The second kappa shape index (κ2) is 6.34. The molecule has 0 saturated carbocycles. The summed E-state index contributed by atoms with van der Waals surface area (Å²) in [4.78, 5) is 11.0. The fourth-order valence-electron chi connectivity index (χ4n) is 1.61. The Morgan fingerprint density at radius 1 is 1.47 bits per heavy atom. The van der Waals surface area contributed by atoms with Crippen molar-refractivity contribution in [3.05, 3.63) is 11.4 Å². The minimum atomic E-state index is -1.03. The van der Waals surface area contributed by atoms with Gasteiger partial charge in [0.15, 0.2) is 5.69 Å². The van der Waals surface area contributed by atoms with Crippen molar-refractivity contribution in [1.29, 1.82) is 0 Å². The zero-order chi connectivity index (χ0) is 12.8. The molecular weight excluding hydrogens is 222 g/mol. The number of ether oxygens (including phenoxy) is 1. The van der Waals surface area contributed by atoms with E-state index in [1.165, 1.54) is 0 Å². The molecule has 0 aliphatic rings. The third-order valence-corrected chi connectivity index (χ3v) is 2.32. The van der Waals surface area contributed by atoms with Crippen LogP contribution in [0.3, 0.4) is 0 Å². The summed E-state index contributed by atoms with van der Waals surface area (Å²) in [6.45, 7) is 7.65. The maximum atomic E-state index is 11.0. The van der Waals surface area contributed by atoms with Crippen molar-refractivity contribution in [3.8, 4) is 0 Å². The van der Waals surface area contributed by atoms with Crippen LogP contribution in [0.25, 0.3) is 0 Å². The van der Waals surface area contributed by atoms with E-state index < -0.39 is 5.97 Å². The van der Waals surface area contributed by atoms with Crippen LogP contribution in [0.5, 0.6) is 0 Å². The molecular formula is C11H19N3O3. The van der Waals surface area contributed by atoms with Crippen molar-refractivity contribution < 1.29 is 14.6 Å². The second-order valence-electron chi connectivity index (χ2n) is 4.12. The maximum absolute atomic E-state index is 11.0.